The molecule has 9 heteroatoms. The van der Waals surface area contributed by atoms with Crippen LogP contribution >= 0.6 is 0 Å². The van der Waals surface area contributed by atoms with E-state index in [1.165, 1.54) is 0 Å². The fraction of sp³-hybridized carbons (Fsp3) is 0.333. The zero-order chi connectivity index (χ0) is 25.1. The first kappa shape index (κ1) is 23.6. The standard InChI is InChI=1S/C27H30N6O3/c1-17-29-25(24-16-28-33(26(24)30-17)21-10-14-23(36-3)15-11-21)31-19-6-8-20(9-7-19)32-27(34)18-4-12-22(35-2)13-5-18/h4-5,10-16,19-20H,6-9H2,1-3H3,(H,32,34)(H,29,30,31). The zero-order valence-corrected chi connectivity index (χ0v) is 20.7. The monoisotopic (exact) mass is 486 g/mol. The lowest BCUT2D eigenvalue weighted by Gasteiger charge is -2.30. The number of fused-ring (bicyclic) bond motifs is 1. The predicted octanol–water partition coefficient (Wildman–Crippen LogP) is 4.29. The van der Waals surface area contributed by atoms with Crippen molar-refractivity contribution in [3.8, 4) is 17.2 Å². The average Bonchev–Trinajstić information content (AvgIpc) is 3.34. The van der Waals surface area contributed by atoms with Gasteiger partial charge in [0.05, 0.1) is 31.5 Å². The van der Waals surface area contributed by atoms with Gasteiger partial charge in [-0.3, -0.25) is 4.79 Å². The number of nitrogens with one attached hydrogen (secondary N) is 2. The number of carbonyl (C=O) groups is 1. The molecule has 0 unspecified atom stereocenters. The fourth-order valence-corrected chi connectivity index (χ4v) is 4.63. The summed E-state index contributed by atoms with van der Waals surface area (Å²) in [5.41, 5.74) is 2.31. The molecule has 2 aromatic carbocycles. The van der Waals surface area contributed by atoms with Crippen LogP contribution in [0.1, 0.15) is 41.9 Å². The van der Waals surface area contributed by atoms with Crippen molar-refractivity contribution >= 4 is 22.8 Å². The molecule has 0 aliphatic heterocycles. The van der Waals surface area contributed by atoms with Crippen LogP contribution in [-0.2, 0) is 0 Å². The van der Waals surface area contributed by atoms with Crippen LogP contribution in [0, 0.1) is 6.92 Å². The summed E-state index contributed by atoms with van der Waals surface area (Å²) in [7, 11) is 3.26. The van der Waals surface area contributed by atoms with E-state index in [9.17, 15) is 4.79 Å². The minimum atomic E-state index is -0.0480. The molecule has 2 N–H and O–H groups in total. The number of anilines is 1. The van der Waals surface area contributed by atoms with Crippen molar-refractivity contribution in [2.45, 2.75) is 44.7 Å². The molecule has 0 radical (unpaired) electrons. The topological polar surface area (TPSA) is 103 Å². The minimum Gasteiger partial charge on any atom is -0.497 e. The van der Waals surface area contributed by atoms with Gasteiger partial charge < -0.3 is 20.1 Å². The maximum Gasteiger partial charge on any atom is 0.251 e. The van der Waals surface area contributed by atoms with E-state index in [-0.39, 0.29) is 18.0 Å². The lowest BCUT2D eigenvalue weighted by atomic mass is 9.91. The fourth-order valence-electron chi connectivity index (χ4n) is 4.63. The van der Waals surface area contributed by atoms with Gasteiger partial charge in [0, 0.05) is 17.6 Å². The summed E-state index contributed by atoms with van der Waals surface area (Å²) in [6.07, 6.45) is 5.48. The largest absolute Gasteiger partial charge is 0.497 e. The van der Waals surface area contributed by atoms with E-state index in [0.29, 0.717) is 11.4 Å². The summed E-state index contributed by atoms with van der Waals surface area (Å²) in [6, 6.07) is 15.3. The van der Waals surface area contributed by atoms with E-state index >= 15 is 0 Å². The minimum absolute atomic E-state index is 0.0480. The first-order chi connectivity index (χ1) is 17.5. The number of methoxy groups -OCH3 is 2. The molecule has 4 aromatic rings. The SMILES string of the molecule is COc1ccc(C(=O)NC2CCC(Nc3nc(C)nc4c3cnn4-c3ccc(OC)cc3)CC2)cc1. The van der Waals surface area contributed by atoms with Gasteiger partial charge in [0.2, 0.25) is 0 Å². The van der Waals surface area contributed by atoms with Crippen LogP contribution in [-0.4, -0.2) is 52.0 Å². The highest BCUT2D eigenvalue weighted by molar-refractivity contribution is 5.94. The Labute approximate surface area is 209 Å². The molecule has 36 heavy (non-hydrogen) atoms. The maximum atomic E-state index is 12.6. The Bertz CT molecular complexity index is 1340. The van der Waals surface area contributed by atoms with Crippen LogP contribution in [0.25, 0.3) is 16.7 Å². The highest BCUT2D eigenvalue weighted by Gasteiger charge is 2.24. The molecule has 0 bridgehead atoms. The summed E-state index contributed by atoms with van der Waals surface area (Å²) in [5.74, 6) is 2.96. The van der Waals surface area contributed by atoms with E-state index in [4.69, 9.17) is 9.47 Å². The van der Waals surface area contributed by atoms with E-state index in [1.807, 2.05) is 42.1 Å². The molecule has 186 valence electrons. The summed E-state index contributed by atoms with van der Waals surface area (Å²) in [5, 5.41) is 12.2. The molecule has 0 spiro atoms. The van der Waals surface area contributed by atoms with Gasteiger partial charge in [-0.25, -0.2) is 14.6 Å². The third-order valence-electron chi connectivity index (χ3n) is 6.61. The van der Waals surface area contributed by atoms with E-state index < -0.39 is 0 Å². The van der Waals surface area contributed by atoms with Crippen LogP contribution in [0.3, 0.4) is 0 Å². The summed E-state index contributed by atoms with van der Waals surface area (Å²) in [4.78, 5) is 22.0. The lowest BCUT2D eigenvalue weighted by Crippen LogP contribution is -2.40. The van der Waals surface area contributed by atoms with Crippen LogP contribution in [0.4, 0.5) is 5.82 Å². The average molecular weight is 487 g/mol. The Morgan fingerprint density at radius 2 is 1.50 bits per heavy atom. The van der Waals surface area contributed by atoms with Gasteiger partial charge in [0.15, 0.2) is 5.65 Å². The Hall–Kier alpha value is -4.14. The van der Waals surface area contributed by atoms with Crippen molar-refractivity contribution < 1.29 is 14.3 Å². The number of rotatable bonds is 7. The molecule has 1 amide bonds. The molecule has 1 saturated carbocycles. The third-order valence-corrected chi connectivity index (χ3v) is 6.61. The first-order valence-corrected chi connectivity index (χ1v) is 12.1. The normalized spacial score (nSPS) is 17.5. The molecule has 9 nitrogen and oxygen atoms in total. The Balaban J connectivity index is 1.24. The number of ether oxygens (including phenoxy) is 2. The van der Waals surface area contributed by atoms with Crippen LogP contribution in [0.2, 0.25) is 0 Å². The molecule has 2 heterocycles. The van der Waals surface area contributed by atoms with Gasteiger partial charge in [0.1, 0.15) is 23.1 Å². The van der Waals surface area contributed by atoms with Crippen LogP contribution in [0.15, 0.2) is 54.7 Å². The molecule has 2 aromatic heterocycles. The molecule has 0 saturated heterocycles. The van der Waals surface area contributed by atoms with Crippen molar-refractivity contribution in [1.82, 2.24) is 25.1 Å². The molecule has 1 aliphatic carbocycles. The van der Waals surface area contributed by atoms with Gasteiger partial charge in [0.25, 0.3) is 5.91 Å². The van der Waals surface area contributed by atoms with Crippen molar-refractivity contribution in [2.24, 2.45) is 0 Å². The highest BCUT2D eigenvalue weighted by Crippen LogP contribution is 2.27. The highest BCUT2D eigenvalue weighted by atomic mass is 16.5. The number of hydrogen-bond acceptors (Lipinski definition) is 7. The second-order valence-electron chi connectivity index (χ2n) is 9.01. The number of amides is 1. The number of aromatic nitrogens is 4. The van der Waals surface area contributed by atoms with E-state index in [0.717, 1.165) is 59.7 Å². The van der Waals surface area contributed by atoms with Gasteiger partial charge in [-0.1, -0.05) is 0 Å². The maximum absolute atomic E-state index is 12.6. The second kappa shape index (κ2) is 10.2. The number of benzene rings is 2. The number of carbonyl (C=O) groups excluding carboxylic acids is 1. The van der Waals surface area contributed by atoms with Gasteiger partial charge in [-0.2, -0.15) is 5.10 Å². The Morgan fingerprint density at radius 1 is 0.889 bits per heavy atom. The molecule has 0 atom stereocenters. The molecule has 5 rings (SSSR count). The summed E-state index contributed by atoms with van der Waals surface area (Å²) >= 11 is 0. The van der Waals surface area contributed by atoms with Crippen molar-refractivity contribution in [1.29, 1.82) is 0 Å². The second-order valence-corrected chi connectivity index (χ2v) is 9.01. The summed E-state index contributed by atoms with van der Waals surface area (Å²) in [6.45, 7) is 1.89. The van der Waals surface area contributed by atoms with E-state index in [1.54, 1.807) is 38.5 Å². The van der Waals surface area contributed by atoms with Crippen molar-refractivity contribution in [2.75, 3.05) is 19.5 Å². The van der Waals surface area contributed by atoms with E-state index in [2.05, 4.69) is 25.7 Å². The third kappa shape index (κ3) is 4.95. The van der Waals surface area contributed by atoms with Gasteiger partial charge >= 0.3 is 0 Å². The van der Waals surface area contributed by atoms with Crippen LogP contribution < -0.4 is 20.1 Å². The Kier molecular flexibility index (Phi) is 6.71. The van der Waals surface area contributed by atoms with Crippen molar-refractivity contribution in [3.63, 3.8) is 0 Å². The smallest absolute Gasteiger partial charge is 0.251 e. The summed E-state index contributed by atoms with van der Waals surface area (Å²) < 4.78 is 12.3. The van der Waals surface area contributed by atoms with Crippen LogP contribution in [0.5, 0.6) is 11.5 Å². The first-order valence-electron chi connectivity index (χ1n) is 12.1. The number of aryl methyl sites for hydroxylation is 1. The lowest BCUT2D eigenvalue weighted by molar-refractivity contribution is 0.0926. The van der Waals surface area contributed by atoms with Crippen molar-refractivity contribution in [3.05, 3.63) is 66.1 Å². The van der Waals surface area contributed by atoms with Gasteiger partial charge in [-0.05, 0) is 81.1 Å². The quantitative estimate of drug-likeness (QED) is 0.402. The Morgan fingerprint density at radius 3 is 2.14 bits per heavy atom. The zero-order valence-electron chi connectivity index (χ0n) is 20.7. The number of hydrogen-bond donors (Lipinski definition) is 2. The molecular weight excluding hydrogens is 456 g/mol. The molecule has 1 fully saturated rings. The van der Waals surface area contributed by atoms with Gasteiger partial charge in [-0.15, -0.1) is 0 Å². The molecular formula is C27H30N6O3. The predicted molar refractivity (Wildman–Crippen MR) is 138 cm³/mol. The molecule has 1 aliphatic rings. The number of nitrogens with zero attached hydrogens (tertiary/aromatic N) is 4.